The van der Waals surface area contributed by atoms with Crippen molar-refractivity contribution in [1.29, 1.82) is 0 Å². The number of aryl methyl sites for hydroxylation is 1. The summed E-state index contributed by atoms with van der Waals surface area (Å²) in [6.07, 6.45) is 3.65. The Kier molecular flexibility index (Phi) is 2.90. The van der Waals surface area contributed by atoms with Crippen molar-refractivity contribution in [2.24, 2.45) is 7.05 Å². The largest absolute Gasteiger partial charge is 0.394 e. The summed E-state index contributed by atoms with van der Waals surface area (Å²) in [5.41, 5.74) is 4.06. The molecule has 1 aromatic carbocycles. The smallest absolute Gasteiger partial charge is 0.167 e. The van der Waals surface area contributed by atoms with Gasteiger partial charge in [-0.3, -0.25) is 0 Å². The average molecular weight is 334 g/mol. The third-order valence-corrected chi connectivity index (χ3v) is 4.86. The molecule has 2 N–H and O–H groups in total. The predicted molar refractivity (Wildman–Crippen MR) is 95.4 cm³/mol. The molecule has 7 heteroatoms. The van der Waals surface area contributed by atoms with Gasteiger partial charge < -0.3 is 15.0 Å². The Morgan fingerprint density at radius 3 is 2.76 bits per heavy atom. The van der Waals surface area contributed by atoms with E-state index in [2.05, 4.69) is 10.3 Å². The summed E-state index contributed by atoms with van der Waals surface area (Å²) in [5, 5.41) is 17.8. The first-order valence-corrected chi connectivity index (χ1v) is 8.34. The van der Waals surface area contributed by atoms with Gasteiger partial charge in [-0.15, -0.1) is 0 Å². The third-order valence-electron chi connectivity index (χ3n) is 4.86. The predicted octanol–water partition coefficient (Wildman–Crippen LogP) is 2.22. The fourth-order valence-electron chi connectivity index (χ4n) is 3.18. The van der Waals surface area contributed by atoms with Gasteiger partial charge in [-0.25, -0.2) is 9.97 Å². The van der Waals surface area contributed by atoms with Gasteiger partial charge in [0.15, 0.2) is 22.6 Å². The Labute approximate surface area is 143 Å². The van der Waals surface area contributed by atoms with Crippen molar-refractivity contribution < 1.29 is 5.11 Å². The molecule has 4 aromatic rings. The van der Waals surface area contributed by atoms with Crippen LogP contribution >= 0.6 is 0 Å². The zero-order valence-electron chi connectivity index (χ0n) is 13.8. The maximum atomic E-state index is 9.63. The average Bonchev–Trinajstić information content (AvgIpc) is 3.10. The molecule has 3 heterocycles. The van der Waals surface area contributed by atoms with Gasteiger partial charge in [0, 0.05) is 18.7 Å². The maximum Gasteiger partial charge on any atom is 0.167 e. The molecule has 3 aromatic heterocycles. The van der Waals surface area contributed by atoms with E-state index >= 15 is 0 Å². The second-order valence-electron chi connectivity index (χ2n) is 6.72. The molecule has 0 amide bonds. The van der Waals surface area contributed by atoms with Gasteiger partial charge in [0.05, 0.1) is 24.2 Å². The Morgan fingerprint density at radius 2 is 2.04 bits per heavy atom. The normalized spacial score (nSPS) is 15.8. The molecule has 126 valence electrons. The second kappa shape index (κ2) is 5.03. The topological polar surface area (TPSA) is 80.3 Å². The number of benzene rings is 1. The molecule has 0 atom stereocenters. The van der Waals surface area contributed by atoms with Gasteiger partial charge in [-0.1, -0.05) is 30.3 Å². The number of imidazole rings is 1. The third kappa shape index (κ3) is 2.20. The van der Waals surface area contributed by atoms with E-state index in [1.807, 2.05) is 52.5 Å². The highest BCUT2D eigenvalue weighted by molar-refractivity contribution is 5.87. The van der Waals surface area contributed by atoms with Crippen LogP contribution in [0.5, 0.6) is 0 Å². The lowest BCUT2D eigenvalue weighted by Crippen LogP contribution is -2.26. The molecule has 0 spiro atoms. The number of nitrogens with one attached hydrogen (secondary N) is 1. The molecule has 0 radical (unpaired) electrons. The Hall–Kier alpha value is -2.93. The molecule has 25 heavy (non-hydrogen) atoms. The summed E-state index contributed by atoms with van der Waals surface area (Å²) in [7, 11) is 1.95. The van der Waals surface area contributed by atoms with Gasteiger partial charge >= 0.3 is 0 Å². The summed E-state index contributed by atoms with van der Waals surface area (Å²) in [6.45, 7) is 0.0999. The molecular weight excluding hydrogens is 316 g/mol. The number of hydrogen-bond acceptors (Lipinski definition) is 5. The van der Waals surface area contributed by atoms with Crippen molar-refractivity contribution in [3.8, 4) is 11.3 Å². The van der Waals surface area contributed by atoms with E-state index in [9.17, 15) is 5.11 Å². The Bertz CT molecular complexity index is 1080. The van der Waals surface area contributed by atoms with Gasteiger partial charge in [-0.05, 0) is 12.8 Å². The minimum atomic E-state index is -0.252. The number of aliphatic hydroxyl groups is 1. The van der Waals surface area contributed by atoms with Crippen molar-refractivity contribution in [2.75, 3.05) is 11.9 Å². The van der Waals surface area contributed by atoms with Gasteiger partial charge in [0.25, 0.3) is 0 Å². The minimum absolute atomic E-state index is 0.0999. The van der Waals surface area contributed by atoms with Crippen LogP contribution in [-0.4, -0.2) is 41.4 Å². The van der Waals surface area contributed by atoms with E-state index in [1.165, 1.54) is 0 Å². The number of fused-ring (bicyclic) bond motifs is 3. The summed E-state index contributed by atoms with van der Waals surface area (Å²) in [5.74, 6) is 0.703. The van der Waals surface area contributed by atoms with Crippen LogP contribution in [0.25, 0.3) is 28.1 Å². The fraction of sp³-hybridized carbons (Fsp3) is 0.278. The van der Waals surface area contributed by atoms with E-state index < -0.39 is 0 Å². The van der Waals surface area contributed by atoms with E-state index in [1.54, 1.807) is 6.33 Å². The summed E-state index contributed by atoms with van der Waals surface area (Å²) >= 11 is 0. The van der Waals surface area contributed by atoms with Gasteiger partial charge in [0.2, 0.25) is 0 Å². The first kappa shape index (κ1) is 14.4. The summed E-state index contributed by atoms with van der Waals surface area (Å²) < 4.78 is 3.77. The monoisotopic (exact) mass is 334 g/mol. The van der Waals surface area contributed by atoms with E-state index in [0.717, 1.165) is 40.9 Å². The highest BCUT2D eigenvalue weighted by Crippen LogP contribution is 2.39. The highest BCUT2D eigenvalue weighted by Gasteiger charge is 2.43. The summed E-state index contributed by atoms with van der Waals surface area (Å²) in [4.78, 5) is 9.23. The number of anilines is 1. The molecule has 5 rings (SSSR count). The standard InChI is InChI=1S/C18H18N6O/c1-23-11-19-15-16(21-18(10-25)7-8-18)20-14-9-13(22-24(14)17(15)23)12-5-3-2-4-6-12/h2-6,9,11,25H,7-8,10H2,1H3,(H,20,21). The van der Waals surface area contributed by atoms with Crippen molar-refractivity contribution >= 4 is 22.6 Å². The number of rotatable bonds is 4. The quantitative estimate of drug-likeness (QED) is 0.598. The number of aromatic nitrogens is 5. The minimum Gasteiger partial charge on any atom is -0.394 e. The van der Waals surface area contributed by atoms with Crippen LogP contribution < -0.4 is 5.32 Å². The van der Waals surface area contributed by atoms with Crippen LogP contribution in [0.15, 0.2) is 42.7 Å². The molecule has 1 aliphatic carbocycles. The number of aliphatic hydroxyl groups excluding tert-OH is 1. The molecule has 1 saturated carbocycles. The van der Waals surface area contributed by atoms with E-state index in [0.29, 0.717) is 5.82 Å². The maximum absolute atomic E-state index is 9.63. The Balaban J connectivity index is 1.73. The van der Waals surface area contributed by atoms with Crippen LogP contribution in [-0.2, 0) is 7.05 Å². The highest BCUT2D eigenvalue weighted by atomic mass is 16.3. The molecular formula is C18H18N6O. The van der Waals surface area contributed by atoms with Gasteiger partial charge in [-0.2, -0.15) is 9.61 Å². The van der Waals surface area contributed by atoms with Crippen molar-refractivity contribution in [3.05, 3.63) is 42.7 Å². The zero-order valence-corrected chi connectivity index (χ0v) is 13.8. The lowest BCUT2D eigenvalue weighted by Gasteiger charge is -2.15. The fourth-order valence-corrected chi connectivity index (χ4v) is 3.18. The SMILES string of the molecule is Cn1cnc2c(NC3(CO)CC3)nc3cc(-c4ccccc4)nn3c21. The molecule has 1 fully saturated rings. The first-order chi connectivity index (χ1) is 12.2. The number of nitrogens with zero attached hydrogens (tertiary/aromatic N) is 5. The van der Waals surface area contributed by atoms with Crippen molar-refractivity contribution in [2.45, 2.75) is 18.4 Å². The first-order valence-electron chi connectivity index (χ1n) is 8.34. The zero-order chi connectivity index (χ0) is 17.0. The molecule has 0 bridgehead atoms. The lowest BCUT2D eigenvalue weighted by atomic mass is 10.2. The van der Waals surface area contributed by atoms with Crippen LogP contribution in [0.2, 0.25) is 0 Å². The Morgan fingerprint density at radius 1 is 1.24 bits per heavy atom. The number of hydrogen-bond donors (Lipinski definition) is 2. The molecule has 0 saturated heterocycles. The van der Waals surface area contributed by atoms with Crippen molar-refractivity contribution in [1.82, 2.24) is 24.1 Å². The van der Waals surface area contributed by atoms with Crippen molar-refractivity contribution in [3.63, 3.8) is 0 Å². The lowest BCUT2D eigenvalue weighted by molar-refractivity contribution is 0.266. The van der Waals surface area contributed by atoms with Crippen LogP contribution in [0, 0.1) is 0 Å². The summed E-state index contributed by atoms with van der Waals surface area (Å²) in [6, 6.07) is 12.0. The van der Waals surface area contributed by atoms with Crippen LogP contribution in [0.1, 0.15) is 12.8 Å². The van der Waals surface area contributed by atoms with E-state index in [4.69, 9.17) is 10.1 Å². The molecule has 0 unspecified atom stereocenters. The van der Waals surface area contributed by atoms with E-state index in [-0.39, 0.29) is 12.1 Å². The second-order valence-corrected chi connectivity index (χ2v) is 6.72. The van der Waals surface area contributed by atoms with Gasteiger partial charge in [0.1, 0.15) is 0 Å². The molecule has 0 aliphatic heterocycles. The van der Waals surface area contributed by atoms with Crippen LogP contribution in [0.4, 0.5) is 5.82 Å². The molecule has 7 nitrogen and oxygen atoms in total. The molecule has 1 aliphatic rings. The van der Waals surface area contributed by atoms with Crippen LogP contribution in [0.3, 0.4) is 0 Å².